The number of nitrogens with one attached hydrogen (secondary N) is 1. The smallest absolute Gasteiger partial charge is 0.305 e. The normalized spacial score (nSPS) is 12.8. The molecule has 63 heavy (non-hydrogen) atoms. The third kappa shape index (κ3) is 49.6. The van der Waals surface area contributed by atoms with E-state index in [0.717, 1.165) is 44.9 Å². The summed E-state index contributed by atoms with van der Waals surface area (Å²) in [5, 5.41) is 23.3. The van der Waals surface area contributed by atoms with Gasteiger partial charge in [0.05, 0.1) is 25.4 Å². The van der Waals surface area contributed by atoms with Gasteiger partial charge in [-0.05, 0) is 70.6 Å². The molecule has 0 heterocycles. The van der Waals surface area contributed by atoms with Gasteiger partial charge in [-0.15, -0.1) is 0 Å². The average Bonchev–Trinajstić information content (AvgIpc) is 3.28. The lowest BCUT2D eigenvalue weighted by Gasteiger charge is -2.22. The van der Waals surface area contributed by atoms with Gasteiger partial charge in [0, 0.05) is 12.8 Å². The second-order valence-electron chi connectivity index (χ2n) is 19.3. The van der Waals surface area contributed by atoms with Crippen LogP contribution in [0.2, 0.25) is 0 Å². The summed E-state index contributed by atoms with van der Waals surface area (Å²) in [6.45, 7) is 4.91. The standard InChI is InChI=1S/C57H109NO5/c1-3-5-7-9-11-13-15-16-17-23-26-30-33-37-41-45-49-55(60)54(53-59)58-56(61)50-46-42-38-34-31-27-24-21-19-18-20-22-25-28-32-36-40-44-48-52-63-57(62)51-47-43-39-35-29-14-12-10-8-6-4-2/h10,12,18-19,54-55,59-60H,3-9,11,13-17,20-53H2,1-2H3,(H,58,61)/b12-10-,19-18-. The Morgan fingerprint density at radius 2 is 0.762 bits per heavy atom. The van der Waals surface area contributed by atoms with Gasteiger partial charge in [-0.2, -0.15) is 0 Å². The van der Waals surface area contributed by atoms with Crippen molar-refractivity contribution in [1.82, 2.24) is 5.32 Å². The third-order valence-electron chi connectivity index (χ3n) is 13.0. The van der Waals surface area contributed by atoms with E-state index in [-0.39, 0.29) is 18.5 Å². The molecule has 0 aliphatic heterocycles. The molecule has 372 valence electrons. The molecule has 0 spiro atoms. The van der Waals surface area contributed by atoms with E-state index in [1.54, 1.807) is 0 Å². The van der Waals surface area contributed by atoms with Crippen molar-refractivity contribution in [3.63, 3.8) is 0 Å². The van der Waals surface area contributed by atoms with E-state index in [1.165, 1.54) is 225 Å². The number of carbonyl (C=O) groups excluding carboxylic acids is 2. The first-order valence-electron chi connectivity index (χ1n) is 28.1. The molecule has 0 rings (SSSR count). The SMILES string of the molecule is CCCC/C=C\CCCCCCCC(=O)OCCCCCCCCCC/C=C\CCCCCCCCCC(=O)NC(CO)C(O)CCCCCCCCCCCCCCCCCC. The lowest BCUT2D eigenvalue weighted by atomic mass is 10.0. The van der Waals surface area contributed by atoms with Crippen LogP contribution in [0.3, 0.4) is 0 Å². The molecule has 0 bridgehead atoms. The van der Waals surface area contributed by atoms with Crippen LogP contribution in [0.15, 0.2) is 24.3 Å². The second-order valence-corrected chi connectivity index (χ2v) is 19.3. The van der Waals surface area contributed by atoms with E-state index in [0.29, 0.717) is 25.9 Å². The fraction of sp³-hybridized carbons (Fsp3) is 0.895. The summed E-state index contributed by atoms with van der Waals surface area (Å²) >= 11 is 0. The van der Waals surface area contributed by atoms with E-state index in [4.69, 9.17) is 4.74 Å². The molecule has 0 radical (unpaired) electrons. The van der Waals surface area contributed by atoms with Crippen LogP contribution in [0, 0.1) is 0 Å². The molecule has 3 N–H and O–H groups in total. The molecule has 0 aromatic carbocycles. The number of esters is 1. The van der Waals surface area contributed by atoms with Gasteiger partial charge in [0.2, 0.25) is 5.91 Å². The van der Waals surface area contributed by atoms with Crippen molar-refractivity contribution in [2.24, 2.45) is 0 Å². The molecule has 0 aliphatic rings. The number of unbranched alkanes of at least 4 members (excludes halogenated alkanes) is 37. The summed E-state index contributed by atoms with van der Waals surface area (Å²) in [5.74, 6) is -0.0505. The van der Waals surface area contributed by atoms with Gasteiger partial charge in [-0.3, -0.25) is 9.59 Å². The van der Waals surface area contributed by atoms with Crippen molar-refractivity contribution < 1.29 is 24.5 Å². The minimum absolute atomic E-state index is 0.00709. The Morgan fingerprint density at radius 3 is 1.17 bits per heavy atom. The molecule has 2 atom stereocenters. The van der Waals surface area contributed by atoms with Gasteiger partial charge >= 0.3 is 5.97 Å². The quantitative estimate of drug-likeness (QED) is 0.0321. The van der Waals surface area contributed by atoms with E-state index in [1.807, 2.05) is 0 Å². The number of aliphatic hydroxyl groups excluding tert-OH is 2. The number of aliphatic hydroxyl groups is 2. The molecule has 0 aromatic rings. The number of allylic oxidation sites excluding steroid dienone is 4. The van der Waals surface area contributed by atoms with Crippen molar-refractivity contribution in [2.75, 3.05) is 13.2 Å². The van der Waals surface area contributed by atoms with Crippen molar-refractivity contribution in [3.8, 4) is 0 Å². The zero-order valence-corrected chi connectivity index (χ0v) is 42.3. The monoisotopic (exact) mass is 888 g/mol. The van der Waals surface area contributed by atoms with Crippen molar-refractivity contribution in [3.05, 3.63) is 24.3 Å². The van der Waals surface area contributed by atoms with E-state index < -0.39 is 12.1 Å². The van der Waals surface area contributed by atoms with Crippen LogP contribution in [0.5, 0.6) is 0 Å². The topological polar surface area (TPSA) is 95.9 Å². The number of amides is 1. The highest BCUT2D eigenvalue weighted by Gasteiger charge is 2.20. The zero-order chi connectivity index (χ0) is 45.8. The first-order chi connectivity index (χ1) is 31.0. The number of ether oxygens (including phenoxy) is 1. The fourth-order valence-corrected chi connectivity index (χ4v) is 8.62. The lowest BCUT2D eigenvalue weighted by molar-refractivity contribution is -0.143. The van der Waals surface area contributed by atoms with E-state index in [9.17, 15) is 19.8 Å². The van der Waals surface area contributed by atoms with Gasteiger partial charge < -0.3 is 20.3 Å². The zero-order valence-electron chi connectivity index (χ0n) is 42.3. The Bertz CT molecular complexity index is 982. The van der Waals surface area contributed by atoms with Crippen molar-refractivity contribution in [1.29, 1.82) is 0 Å². The van der Waals surface area contributed by atoms with Crippen molar-refractivity contribution >= 4 is 11.9 Å². The Kier molecular flexibility index (Phi) is 51.6. The molecule has 0 saturated heterocycles. The van der Waals surface area contributed by atoms with E-state index in [2.05, 4.69) is 43.5 Å². The van der Waals surface area contributed by atoms with Crippen molar-refractivity contribution in [2.45, 2.75) is 315 Å². The molecule has 1 amide bonds. The minimum Gasteiger partial charge on any atom is -0.466 e. The van der Waals surface area contributed by atoms with Crippen LogP contribution in [0.1, 0.15) is 303 Å². The van der Waals surface area contributed by atoms with Gasteiger partial charge in [-0.1, -0.05) is 244 Å². The summed E-state index contributed by atoms with van der Waals surface area (Å²) in [6, 6.07) is -0.548. The number of carbonyl (C=O) groups is 2. The van der Waals surface area contributed by atoms with Crippen LogP contribution >= 0.6 is 0 Å². The molecule has 6 heteroatoms. The molecule has 0 aliphatic carbocycles. The average molecular weight is 889 g/mol. The van der Waals surface area contributed by atoms with E-state index >= 15 is 0 Å². The highest BCUT2D eigenvalue weighted by molar-refractivity contribution is 5.76. The maximum atomic E-state index is 12.5. The largest absolute Gasteiger partial charge is 0.466 e. The van der Waals surface area contributed by atoms with Crippen LogP contribution in [-0.2, 0) is 14.3 Å². The van der Waals surface area contributed by atoms with Gasteiger partial charge in [0.15, 0.2) is 0 Å². The fourth-order valence-electron chi connectivity index (χ4n) is 8.62. The molecule has 0 fully saturated rings. The molecular formula is C57H109NO5. The summed E-state index contributed by atoms with van der Waals surface area (Å²) in [6.07, 6.45) is 63.0. The summed E-state index contributed by atoms with van der Waals surface area (Å²) in [4.78, 5) is 24.4. The third-order valence-corrected chi connectivity index (χ3v) is 13.0. The number of hydrogen-bond acceptors (Lipinski definition) is 5. The summed E-state index contributed by atoms with van der Waals surface area (Å²) in [7, 11) is 0. The highest BCUT2D eigenvalue weighted by atomic mass is 16.5. The molecule has 2 unspecified atom stereocenters. The molecule has 0 saturated carbocycles. The maximum Gasteiger partial charge on any atom is 0.305 e. The van der Waals surface area contributed by atoms with Gasteiger partial charge in [0.1, 0.15) is 0 Å². The molecule has 6 nitrogen and oxygen atoms in total. The predicted molar refractivity (Wildman–Crippen MR) is 273 cm³/mol. The second kappa shape index (κ2) is 53.0. The van der Waals surface area contributed by atoms with Crippen LogP contribution in [0.4, 0.5) is 0 Å². The number of hydrogen-bond donors (Lipinski definition) is 3. The summed E-state index contributed by atoms with van der Waals surface area (Å²) < 4.78 is 5.45. The molecular weight excluding hydrogens is 779 g/mol. The predicted octanol–water partition coefficient (Wildman–Crippen LogP) is 17.1. The Balaban J connectivity index is 3.45. The Hall–Kier alpha value is -1.66. The molecule has 0 aromatic heterocycles. The Morgan fingerprint density at radius 1 is 0.429 bits per heavy atom. The highest BCUT2D eigenvalue weighted by Crippen LogP contribution is 2.17. The Labute approximate surface area is 392 Å². The van der Waals surface area contributed by atoms with Gasteiger partial charge in [0.25, 0.3) is 0 Å². The van der Waals surface area contributed by atoms with Gasteiger partial charge in [-0.25, -0.2) is 0 Å². The van der Waals surface area contributed by atoms with Crippen LogP contribution in [-0.4, -0.2) is 47.4 Å². The minimum atomic E-state index is -0.670. The first-order valence-corrected chi connectivity index (χ1v) is 28.1. The number of rotatable bonds is 52. The lowest BCUT2D eigenvalue weighted by Crippen LogP contribution is -2.45. The van der Waals surface area contributed by atoms with Crippen LogP contribution in [0.25, 0.3) is 0 Å². The first kappa shape index (κ1) is 61.3. The maximum absolute atomic E-state index is 12.5. The van der Waals surface area contributed by atoms with Crippen LogP contribution < -0.4 is 5.32 Å². The summed E-state index contributed by atoms with van der Waals surface area (Å²) in [5.41, 5.74) is 0.